The molecule has 4 heteroatoms. The maximum Gasteiger partial charge on any atom is 0.0918 e. The van der Waals surface area contributed by atoms with Gasteiger partial charge in [-0.3, -0.25) is 5.41 Å². The summed E-state index contributed by atoms with van der Waals surface area (Å²) in [7, 11) is 0. The first-order valence-corrected chi connectivity index (χ1v) is 7.35. The topological polar surface area (TPSA) is 62.3 Å². The summed E-state index contributed by atoms with van der Waals surface area (Å²) in [4.78, 5) is 2.39. The van der Waals surface area contributed by atoms with E-state index in [1.807, 2.05) is 0 Å². The number of amidine groups is 1. The molecule has 3 N–H and O–H groups in total. The summed E-state index contributed by atoms with van der Waals surface area (Å²) in [6, 6.07) is 0. The molecule has 0 atom stereocenters. The molecular weight excluding hydrogens is 226 g/mol. The smallest absolute Gasteiger partial charge is 0.0918 e. The van der Waals surface area contributed by atoms with Gasteiger partial charge in [-0.1, -0.05) is 19.8 Å². The first kappa shape index (κ1) is 15.4. The molecule has 1 aliphatic heterocycles. The van der Waals surface area contributed by atoms with Crippen LogP contribution in [0, 0.1) is 11.3 Å². The Morgan fingerprint density at radius 3 is 2.61 bits per heavy atom. The van der Waals surface area contributed by atoms with Crippen LogP contribution in [-0.4, -0.2) is 43.6 Å². The molecule has 0 spiro atoms. The number of ether oxygens (including phenoxy) is 1. The van der Waals surface area contributed by atoms with Gasteiger partial charge in [0.2, 0.25) is 0 Å². The summed E-state index contributed by atoms with van der Waals surface area (Å²) in [6.07, 6.45) is 7.15. The van der Waals surface area contributed by atoms with Gasteiger partial charge in [-0.25, -0.2) is 0 Å². The molecule has 0 unspecified atom stereocenters. The zero-order valence-corrected chi connectivity index (χ0v) is 11.8. The molecule has 0 aliphatic carbocycles. The number of nitrogens with zero attached hydrogens (tertiary/aromatic N) is 1. The minimum atomic E-state index is 0.302. The fourth-order valence-corrected chi connectivity index (χ4v) is 2.51. The van der Waals surface area contributed by atoms with Crippen LogP contribution in [0.25, 0.3) is 0 Å². The number of hydrogen-bond acceptors (Lipinski definition) is 3. The molecule has 0 bridgehead atoms. The van der Waals surface area contributed by atoms with Crippen LogP contribution >= 0.6 is 0 Å². The third kappa shape index (κ3) is 6.97. The molecule has 106 valence electrons. The van der Waals surface area contributed by atoms with E-state index in [4.69, 9.17) is 15.9 Å². The van der Waals surface area contributed by atoms with Crippen LogP contribution in [0.2, 0.25) is 0 Å². The predicted molar refractivity (Wildman–Crippen MR) is 76.0 cm³/mol. The molecule has 1 fully saturated rings. The summed E-state index contributed by atoms with van der Waals surface area (Å²) < 4.78 is 5.38. The van der Waals surface area contributed by atoms with Gasteiger partial charge < -0.3 is 15.4 Å². The van der Waals surface area contributed by atoms with Crippen LogP contribution in [-0.2, 0) is 4.74 Å². The maximum atomic E-state index is 7.25. The summed E-state index contributed by atoms with van der Waals surface area (Å²) >= 11 is 0. The number of hydrogen-bond donors (Lipinski definition) is 2. The van der Waals surface area contributed by atoms with E-state index in [0.29, 0.717) is 12.3 Å². The monoisotopic (exact) mass is 255 g/mol. The number of nitrogens with one attached hydrogen (secondary N) is 1. The van der Waals surface area contributed by atoms with Crippen molar-refractivity contribution >= 4 is 5.84 Å². The first-order chi connectivity index (χ1) is 8.72. The van der Waals surface area contributed by atoms with Crippen molar-refractivity contribution in [3.8, 4) is 0 Å². The SMILES string of the molecule is CCN(CCCCC1CCOCC1)CCC(=N)N. The van der Waals surface area contributed by atoms with Gasteiger partial charge in [-0.05, 0) is 38.3 Å². The molecular formula is C14H29N3O. The molecule has 18 heavy (non-hydrogen) atoms. The molecule has 0 aromatic carbocycles. The number of nitrogens with two attached hydrogens (primary N) is 1. The second-order valence-electron chi connectivity index (χ2n) is 5.26. The van der Waals surface area contributed by atoms with Crippen LogP contribution < -0.4 is 5.73 Å². The zero-order chi connectivity index (χ0) is 13.2. The second-order valence-corrected chi connectivity index (χ2v) is 5.26. The highest BCUT2D eigenvalue weighted by molar-refractivity contribution is 5.76. The lowest BCUT2D eigenvalue weighted by atomic mass is 9.94. The van der Waals surface area contributed by atoms with Crippen LogP contribution in [0.1, 0.15) is 45.4 Å². The standard InChI is InChI=1S/C14H29N3O/c1-2-17(10-6-14(15)16)9-4-3-5-13-7-11-18-12-8-13/h13H,2-12H2,1H3,(H3,15,16). The fraction of sp³-hybridized carbons (Fsp3) is 0.929. The van der Waals surface area contributed by atoms with Gasteiger partial charge in [0.15, 0.2) is 0 Å². The lowest BCUT2D eigenvalue weighted by Crippen LogP contribution is -2.28. The normalized spacial score (nSPS) is 17.2. The first-order valence-electron chi connectivity index (χ1n) is 7.35. The van der Waals surface area contributed by atoms with Crippen LogP contribution in [0.4, 0.5) is 0 Å². The van der Waals surface area contributed by atoms with E-state index in [0.717, 1.165) is 38.8 Å². The van der Waals surface area contributed by atoms with E-state index in [-0.39, 0.29) is 0 Å². The molecule has 1 rings (SSSR count). The van der Waals surface area contributed by atoms with Gasteiger partial charge >= 0.3 is 0 Å². The molecule has 0 aromatic rings. The molecule has 4 nitrogen and oxygen atoms in total. The second kappa shape index (κ2) is 9.34. The van der Waals surface area contributed by atoms with Crippen molar-refractivity contribution in [3.05, 3.63) is 0 Å². The van der Waals surface area contributed by atoms with Crippen molar-refractivity contribution in [2.45, 2.75) is 45.4 Å². The van der Waals surface area contributed by atoms with Gasteiger partial charge in [0.25, 0.3) is 0 Å². The fourth-order valence-electron chi connectivity index (χ4n) is 2.51. The van der Waals surface area contributed by atoms with Crippen LogP contribution in [0.3, 0.4) is 0 Å². The Morgan fingerprint density at radius 2 is 2.00 bits per heavy atom. The third-order valence-corrected chi connectivity index (χ3v) is 3.82. The van der Waals surface area contributed by atoms with E-state index in [1.165, 1.54) is 32.1 Å². The maximum absolute atomic E-state index is 7.25. The molecule has 1 aliphatic rings. The van der Waals surface area contributed by atoms with E-state index in [1.54, 1.807) is 0 Å². The Labute approximate surface area is 111 Å². The zero-order valence-electron chi connectivity index (χ0n) is 11.8. The number of unbranched alkanes of at least 4 members (excludes halogenated alkanes) is 1. The Morgan fingerprint density at radius 1 is 1.28 bits per heavy atom. The molecule has 0 radical (unpaired) electrons. The van der Waals surface area contributed by atoms with Crippen molar-refractivity contribution in [1.29, 1.82) is 5.41 Å². The average Bonchev–Trinajstić information content (AvgIpc) is 2.39. The summed E-state index contributed by atoms with van der Waals surface area (Å²) in [5.74, 6) is 1.20. The van der Waals surface area contributed by atoms with Crippen LogP contribution in [0.15, 0.2) is 0 Å². The van der Waals surface area contributed by atoms with E-state index >= 15 is 0 Å². The van der Waals surface area contributed by atoms with Crippen molar-refractivity contribution in [2.75, 3.05) is 32.8 Å². The Balaban J connectivity index is 2.01. The largest absolute Gasteiger partial charge is 0.388 e. The third-order valence-electron chi connectivity index (χ3n) is 3.82. The van der Waals surface area contributed by atoms with Crippen molar-refractivity contribution < 1.29 is 4.74 Å². The Hall–Kier alpha value is -0.610. The molecule has 1 saturated heterocycles. The lowest BCUT2D eigenvalue weighted by molar-refractivity contribution is 0.0629. The number of rotatable bonds is 9. The van der Waals surface area contributed by atoms with Crippen molar-refractivity contribution in [3.63, 3.8) is 0 Å². The minimum absolute atomic E-state index is 0.302. The van der Waals surface area contributed by atoms with E-state index < -0.39 is 0 Å². The molecule has 1 heterocycles. The average molecular weight is 255 g/mol. The molecule has 0 aromatic heterocycles. The van der Waals surface area contributed by atoms with Crippen molar-refractivity contribution in [2.24, 2.45) is 11.7 Å². The van der Waals surface area contributed by atoms with Gasteiger partial charge in [0.05, 0.1) is 5.84 Å². The van der Waals surface area contributed by atoms with E-state index in [9.17, 15) is 0 Å². The minimum Gasteiger partial charge on any atom is -0.388 e. The van der Waals surface area contributed by atoms with Gasteiger partial charge in [0.1, 0.15) is 0 Å². The Kier molecular flexibility index (Phi) is 8.01. The molecule has 0 amide bonds. The Bertz CT molecular complexity index is 227. The lowest BCUT2D eigenvalue weighted by Gasteiger charge is -2.23. The molecule has 0 saturated carbocycles. The summed E-state index contributed by atoms with van der Waals surface area (Å²) in [5, 5.41) is 7.25. The van der Waals surface area contributed by atoms with Gasteiger partial charge in [0, 0.05) is 26.2 Å². The summed E-state index contributed by atoms with van der Waals surface area (Å²) in [6.45, 7) is 7.24. The highest BCUT2D eigenvalue weighted by Gasteiger charge is 2.13. The highest BCUT2D eigenvalue weighted by Crippen LogP contribution is 2.20. The quantitative estimate of drug-likeness (QED) is 0.377. The van der Waals surface area contributed by atoms with E-state index in [2.05, 4.69) is 11.8 Å². The highest BCUT2D eigenvalue weighted by atomic mass is 16.5. The van der Waals surface area contributed by atoms with Crippen LogP contribution in [0.5, 0.6) is 0 Å². The van der Waals surface area contributed by atoms with Gasteiger partial charge in [-0.2, -0.15) is 0 Å². The van der Waals surface area contributed by atoms with Crippen molar-refractivity contribution in [1.82, 2.24) is 4.90 Å². The predicted octanol–water partition coefficient (Wildman–Crippen LogP) is 2.23. The van der Waals surface area contributed by atoms with Gasteiger partial charge in [-0.15, -0.1) is 0 Å². The summed E-state index contributed by atoms with van der Waals surface area (Å²) in [5.41, 5.74) is 5.39.